The molecule has 2 aromatic carbocycles. The van der Waals surface area contributed by atoms with E-state index in [1.807, 2.05) is 12.1 Å². The molecule has 0 aliphatic carbocycles. The van der Waals surface area contributed by atoms with E-state index in [0.29, 0.717) is 35.1 Å². The number of halogens is 2. The minimum absolute atomic E-state index is 0.118. The summed E-state index contributed by atoms with van der Waals surface area (Å²) in [6, 6.07) is 10.1. The van der Waals surface area contributed by atoms with Crippen LogP contribution in [0, 0.1) is 24.7 Å². The minimum atomic E-state index is -1.63. The Morgan fingerprint density at radius 2 is 1.84 bits per heavy atom. The molecule has 0 aliphatic heterocycles. The van der Waals surface area contributed by atoms with Gasteiger partial charge in [0.25, 0.3) is 5.91 Å². The van der Waals surface area contributed by atoms with Gasteiger partial charge in [-0.05, 0) is 36.2 Å². The zero-order valence-corrected chi connectivity index (χ0v) is 19.2. The van der Waals surface area contributed by atoms with E-state index in [-0.39, 0.29) is 18.2 Å². The highest BCUT2D eigenvalue weighted by atomic mass is 35.5. The van der Waals surface area contributed by atoms with E-state index in [1.54, 1.807) is 25.3 Å². The Labute approximate surface area is 197 Å². The summed E-state index contributed by atoms with van der Waals surface area (Å²) in [4.78, 5) is 11.3. The minimum Gasteiger partial charge on any atom is -0.493 e. The van der Waals surface area contributed by atoms with Gasteiger partial charge in [0.1, 0.15) is 13.2 Å². The van der Waals surface area contributed by atoms with Gasteiger partial charge in [-0.25, -0.2) is 0 Å². The molecule has 0 fully saturated rings. The van der Waals surface area contributed by atoms with Crippen LogP contribution in [0.2, 0.25) is 10.0 Å². The fourth-order valence-electron chi connectivity index (χ4n) is 2.68. The summed E-state index contributed by atoms with van der Waals surface area (Å²) in [6.07, 6.45) is 11.0. The SMILES string of the molecule is C#CCOc1ccc(CCNC(=O)C(S)(OCC#C)c2ccc(Cl)c(Cl)c2)cc1OC. The summed E-state index contributed by atoms with van der Waals surface area (Å²) < 4.78 is 16.3. The van der Waals surface area contributed by atoms with E-state index in [4.69, 9.17) is 50.3 Å². The lowest BCUT2D eigenvalue weighted by Gasteiger charge is -2.27. The Hall–Kier alpha value is -2.48. The number of nitrogens with one attached hydrogen (secondary N) is 1. The number of benzene rings is 2. The molecule has 1 amide bonds. The lowest BCUT2D eigenvalue weighted by molar-refractivity contribution is -0.135. The molecular weight excluding hydrogens is 457 g/mol. The molecule has 1 atom stereocenters. The van der Waals surface area contributed by atoms with Crippen molar-refractivity contribution in [3.05, 3.63) is 57.6 Å². The quantitative estimate of drug-likeness (QED) is 0.307. The number of ether oxygens (including phenoxy) is 3. The molecule has 2 rings (SSSR count). The van der Waals surface area contributed by atoms with Crippen molar-refractivity contribution in [3.63, 3.8) is 0 Å². The van der Waals surface area contributed by atoms with Crippen molar-refractivity contribution < 1.29 is 19.0 Å². The highest BCUT2D eigenvalue weighted by Crippen LogP contribution is 2.34. The van der Waals surface area contributed by atoms with Crippen LogP contribution in [0.15, 0.2) is 36.4 Å². The van der Waals surface area contributed by atoms with Crippen molar-refractivity contribution in [2.45, 2.75) is 11.4 Å². The van der Waals surface area contributed by atoms with Crippen molar-refractivity contribution in [1.82, 2.24) is 5.32 Å². The summed E-state index contributed by atoms with van der Waals surface area (Å²) in [5.74, 6) is 5.36. The zero-order chi connectivity index (χ0) is 22.9. The van der Waals surface area contributed by atoms with Crippen LogP contribution in [0.4, 0.5) is 0 Å². The van der Waals surface area contributed by atoms with E-state index < -0.39 is 10.8 Å². The Kier molecular flexibility index (Phi) is 9.43. The van der Waals surface area contributed by atoms with Crippen molar-refractivity contribution in [1.29, 1.82) is 0 Å². The van der Waals surface area contributed by atoms with Crippen LogP contribution in [0.25, 0.3) is 0 Å². The van der Waals surface area contributed by atoms with Gasteiger partial charge in [-0.2, -0.15) is 0 Å². The number of terminal acetylenes is 2. The first-order valence-electron chi connectivity index (χ1n) is 9.12. The number of amides is 1. The number of methoxy groups -OCH3 is 1. The van der Waals surface area contributed by atoms with Crippen LogP contribution in [0.5, 0.6) is 11.5 Å². The summed E-state index contributed by atoms with van der Waals surface area (Å²) in [5, 5.41) is 3.44. The van der Waals surface area contributed by atoms with Gasteiger partial charge < -0.3 is 19.5 Å². The lowest BCUT2D eigenvalue weighted by atomic mass is 10.1. The van der Waals surface area contributed by atoms with Crippen LogP contribution in [-0.2, 0) is 20.9 Å². The van der Waals surface area contributed by atoms with Crippen LogP contribution in [0.3, 0.4) is 0 Å². The molecule has 8 heteroatoms. The highest BCUT2D eigenvalue weighted by molar-refractivity contribution is 7.82. The van der Waals surface area contributed by atoms with E-state index in [1.165, 1.54) is 6.07 Å². The maximum atomic E-state index is 12.9. The van der Waals surface area contributed by atoms with Gasteiger partial charge in [0.05, 0.1) is 17.2 Å². The Morgan fingerprint density at radius 1 is 1.10 bits per heavy atom. The van der Waals surface area contributed by atoms with Crippen LogP contribution < -0.4 is 14.8 Å². The van der Waals surface area contributed by atoms with Crippen LogP contribution in [-0.4, -0.2) is 32.8 Å². The highest BCUT2D eigenvalue weighted by Gasteiger charge is 2.38. The molecule has 0 aromatic heterocycles. The number of rotatable bonds is 10. The largest absolute Gasteiger partial charge is 0.493 e. The smallest absolute Gasteiger partial charge is 0.267 e. The summed E-state index contributed by atoms with van der Waals surface area (Å²) >= 11 is 16.5. The zero-order valence-electron chi connectivity index (χ0n) is 16.8. The molecule has 2 aromatic rings. The fraction of sp³-hybridized carbons (Fsp3) is 0.261. The van der Waals surface area contributed by atoms with Crippen molar-refractivity contribution in [3.8, 4) is 36.2 Å². The van der Waals surface area contributed by atoms with Crippen LogP contribution >= 0.6 is 35.8 Å². The second-order valence-electron chi connectivity index (χ2n) is 6.25. The molecule has 162 valence electrons. The molecule has 5 nitrogen and oxygen atoms in total. The topological polar surface area (TPSA) is 56.8 Å². The first-order valence-corrected chi connectivity index (χ1v) is 10.3. The predicted octanol–water partition coefficient (Wildman–Crippen LogP) is 4.11. The Morgan fingerprint density at radius 3 is 2.48 bits per heavy atom. The van der Waals surface area contributed by atoms with Gasteiger partial charge in [-0.3, -0.25) is 4.79 Å². The first kappa shape index (κ1) is 24.8. The summed E-state index contributed by atoms with van der Waals surface area (Å²) in [5.41, 5.74) is 1.34. The molecule has 0 saturated heterocycles. The fourth-order valence-corrected chi connectivity index (χ4v) is 3.26. The van der Waals surface area contributed by atoms with E-state index in [9.17, 15) is 4.79 Å². The normalized spacial score (nSPS) is 12.2. The molecule has 0 spiro atoms. The third-order valence-electron chi connectivity index (χ3n) is 4.22. The third kappa shape index (κ3) is 6.50. The number of carbonyl (C=O) groups is 1. The number of carbonyl (C=O) groups excluding carboxylic acids is 1. The Balaban J connectivity index is 2.10. The molecule has 0 heterocycles. The second-order valence-corrected chi connectivity index (χ2v) is 7.69. The summed E-state index contributed by atoms with van der Waals surface area (Å²) in [6.45, 7) is 0.339. The van der Waals surface area contributed by atoms with Gasteiger partial charge in [-0.15, -0.1) is 25.5 Å². The molecule has 0 saturated carbocycles. The average molecular weight is 478 g/mol. The monoisotopic (exact) mass is 477 g/mol. The van der Waals surface area contributed by atoms with E-state index >= 15 is 0 Å². The predicted molar refractivity (Wildman–Crippen MR) is 126 cm³/mol. The molecule has 1 N–H and O–H groups in total. The number of hydrogen-bond donors (Lipinski definition) is 2. The molecule has 1 unspecified atom stereocenters. The van der Waals surface area contributed by atoms with Gasteiger partial charge in [0.2, 0.25) is 4.93 Å². The van der Waals surface area contributed by atoms with Gasteiger partial charge in [0, 0.05) is 12.1 Å². The molecule has 0 aliphatic rings. The number of hydrogen-bond acceptors (Lipinski definition) is 5. The summed E-state index contributed by atoms with van der Waals surface area (Å²) in [7, 11) is 1.54. The maximum absolute atomic E-state index is 12.9. The average Bonchev–Trinajstić information content (AvgIpc) is 2.78. The van der Waals surface area contributed by atoms with Gasteiger partial charge in [-0.1, -0.05) is 47.2 Å². The van der Waals surface area contributed by atoms with E-state index in [2.05, 4.69) is 29.8 Å². The Bertz CT molecular complexity index is 1020. The van der Waals surface area contributed by atoms with Crippen molar-refractivity contribution in [2.75, 3.05) is 26.9 Å². The lowest BCUT2D eigenvalue weighted by Crippen LogP contribution is -2.43. The molecule has 0 bridgehead atoms. The molecular formula is C23H21Cl2NO4S. The maximum Gasteiger partial charge on any atom is 0.267 e. The first-order chi connectivity index (χ1) is 14.8. The molecule has 31 heavy (non-hydrogen) atoms. The van der Waals surface area contributed by atoms with Crippen molar-refractivity contribution in [2.24, 2.45) is 0 Å². The van der Waals surface area contributed by atoms with Gasteiger partial charge >= 0.3 is 0 Å². The standard InChI is InChI=1S/C23H21Cl2NO4S/c1-4-12-29-20-9-6-16(14-21(20)28-3)10-11-26-22(27)23(31,30-13-5-2)17-7-8-18(24)19(25)15-17/h1-2,6-9,14-15,31H,10-13H2,3H3,(H,26,27). The second kappa shape index (κ2) is 11.8. The van der Waals surface area contributed by atoms with Gasteiger partial charge in [0.15, 0.2) is 11.5 Å². The van der Waals surface area contributed by atoms with Crippen LogP contribution in [0.1, 0.15) is 11.1 Å². The van der Waals surface area contributed by atoms with E-state index in [0.717, 1.165) is 5.56 Å². The number of thiol groups is 1. The third-order valence-corrected chi connectivity index (χ3v) is 5.55. The van der Waals surface area contributed by atoms with Crippen molar-refractivity contribution >= 4 is 41.7 Å². The molecule has 0 radical (unpaired) electrons.